The van der Waals surface area contributed by atoms with Gasteiger partial charge in [-0.3, -0.25) is 4.79 Å². The van der Waals surface area contributed by atoms with E-state index in [4.69, 9.17) is 21.7 Å². The first kappa shape index (κ1) is 20.5. The molecule has 152 valence electrons. The Morgan fingerprint density at radius 2 is 1.86 bits per heavy atom. The number of thiocarbonyl (C=S) groups is 1. The van der Waals surface area contributed by atoms with Crippen LogP contribution in [0.15, 0.2) is 47.7 Å². The number of carbonyl (C=O) groups excluding carboxylic acids is 1. The molecule has 0 saturated heterocycles. The maximum absolute atomic E-state index is 13.5. The molecule has 0 saturated carbocycles. The SMILES string of the molecule is COc1ccc(OC)c(C2NC(=S)NC(C)=C2C(=O)Nc2ccc(F)c(F)c2)c1. The maximum Gasteiger partial charge on any atom is 0.255 e. The lowest BCUT2D eigenvalue weighted by molar-refractivity contribution is -0.113. The molecular formula is C20H19F2N3O3S. The minimum Gasteiger partial charge on any atom is -0.497 e. The number of benzene rings is 2. The maximum atomic E-state index is 13.5. The van der Waals surface area contributed by atoms with Gasteiger partial charge in [0.1, 0.15) is 11.5 Å². The van der Waals surface area contributed by atoms with Gasteiger partial charge in [0.15, 0.2) is 16.7 Å². The normalized spacial score (nSPS) is 16.0. The van der Waals surface area contributed by atoms with Gasteiger partial charge in [0.05, 0.1) is 25.8 Å². The van der Waals surface area contributed by atoms with Gasteiger partial charge >= 0.3 is 0 Å². The Hall–Kier alpha value is -3.20. The quantitative estimate of drug-likeness (QED) is 0.646. The van der Waals surface area contributed by atoms with E-state index in [-0.39, 0.29) is 5.69 Å². The molecule has 1 atom stereocenters. The summed E-state index contributed by atoms with van der Waals surface area (Å²) in [5.41, 5.74) is 1.59. The van der Waals surface area contributed by atoms with Gasteiger partial charge in [0.2, 0.25) is 0 Å². The van der Waals surface area contributed by atoms with Gasteiger partial charge in [-0.2, -0.15) is 0 Å². The van der Waals surface area contributed by atoms with E-state index in [1.807, 2.05) is 0 Å². The van der Waals surface area contributed by atoms with E-state index in [1.165, 1.54) is 20.3 Å². The van der Waals surface area contributed by atoms with E-state index in [9.17, 15) is 13.6 Å². The Bertz CT molecular complexity index is 1010. The lowest BCUT2D eigenvalue weighted by Crippen LogP contribution is -2.45. The second kappa shape index (κ2) is 8.44. The number of hydrogen-bond donors (Lipinski definition) is 3. The van der Waals surface area contributed by atoms with Crippen molar-refractivity contribution < 1.29 is 23.0 Å². The number of methoxy groups -OCH3 is 2. The highest BCUT2D eigenvalue weighted by molar-refractivity contribution is 7.80. The van der Waals surface area contributed by atoms with Crippen LogP contribution in [0, 0.1) is 11.6 Å². The van der Waals surface area contributed by atoms with Gasteiger partial charge in [-0.15, -0.1) is 0 Å². The highest BCUT2D eigenvalue weighted by Crippen LogP contribution is 2.36. The Balaban J connectivity index is 2.02. The van der Waals surface area contributed by atoms with E-state index in [0.717, 1.165) is 12.1 Å². The fraction of sp³-hybridized carbons (Fsp3) is 0.200. The zero-order valence-corrected chi connectivity index (χ0v) is 16.7. The molecule has 3 rings (SSSR count). The number of nitrogens with one attached hydrogen (secondary N) is 3. The van der Waals surface area contributed by atoms with E-state index in [1.54, 1.807) is 25.1 Å². The van der Waals surface area contributed by atoms with Gasteiger partial charge < -0.3 is 25.4 Å². The molecular weight excluding hydrogens is 400 g/mol. The van der Waals surface area contributed by atoms with Crippen LogP contribution in [0.3, 0.4) is 0 Å². The van der Waals surface area contributed by atoms with E-state index in [2.05, 4.69) is 16.0 Å². The van der Waals surface area contributed by atoms with Crippen LogP contribution in [0.5, 0.6) is 11.5 Å². The highest BCUT2D eigenvalue weighted by Gasteiger charge is 2.32. The zero-order chi connectivity index (χ0) is 21.1. The van der Waals surface area contributed by atoms with Gasteiger partial charge in [0, 0.05) is 23.0 Å². The molecule has 2 aromatic carbocycles. The molecule has 1 amide bonds. The van der Waals surface area contributed by atoms with Crippen molar-refractivity contribution in [2.75, 3.05) is 19.5 Å². The second-order valence-electron chi connectivity index (χ2n) is 6.26. The number of halogens is 2. The highest BCUT2D eigenvalue weighted by atomic mass is 32.1. The van der Waals surface area contributed by atoms with E-state index < -0.39 is 23.6 Å². The van der Waals surface area contributed by atoms with Crippen LogP contribution in [0.1, 0.15) is 18.5 Å². The summed E-state index contributed by atoms with van der Waals surface area (Å²) in [4.78, 5) is 13.0. The minimum atomic E-state index is -1.06. The Labute approximate surface area is 171 Å². The standard InChI is InChI=1S/C20H19F2N3O3S/c1-10-17(19(26)24-11-4-6-14(21)15(22)8-11)18(25-20(29)23-10)13-9-12(27-2)5-7-16(13)28-3/h4-9,18H,1-3H3,(H,24,26)(H2,23,25,29). The van der Waals surface area contributed by atoms with Crippen molar-refractivity contribution in [1.82, 2.24) is 10.6 Å². The van der Waals surface area contributed by atoms with Crippen molar-refractivity contribution in [2.45, 2.75) is 13.0 Å². The lowest BCUT2D eigenvalue weighted by Gasteiger charge is -2.31. The summed E-state index contributed by atoms with van der Waals surface area (Å²) in [5.74, 6) is -1.46. The predicted molar refractivity (Wildman–Crippen MR) is 109 cm³/mol. The predicted octanol–water partition coefficient (Wildman–Crippen LogP) is 3.41. The first-order chi connectivity index (χ1) is 13.8. The lowest BCUT2D eigenvalue weighted by atomic mass is 9.94. The van der Waals surface area contributed by atoms with E-state index in [0.29, 0.717) is 33.4 Å². The minimum absolute atomic E-state index is 0.124. The summed E-state index contributed by atoms with van der Waals surface area (Å²) in [5, 5.41) is 8.90. The van der Waals surface area contributed by atoms with Crippen molar-refractivity contribution in [3.05, 3.63) is 64.9 Å². The van der Waals surface area contributed by atoms with Crippen LogP contribution in [0.25, 0.3) is 0 Å². The molecule has 0 radical (unpaired) electrons. The third-order valence-electron chi connectivity index (χ3n) is 4.44. The number of anilines is 1. The van der Waals surface area contributed by atoms with Crippen molar-refractivity contribution in [3.63, 3.8) is 0 Å². The molecule has 1 unspecified atom stereocenters. The fourth-order valence-corrected chi connectivity index (χ4v) is 3.34. The van der Waals surface area contributed by atoms with Gasteiger partial charge in [-0.1, -0.05) is 0 Å². The molecule has 0 bridgehead atoms. The van der Waals surface area contributed by atoms with E-state index >= 15 is 0 Å². The Morgan fingerprint density at radius 1 is 1.10 bits per heavy atom. The zero-order valence-electron chi connectivity index (χ0n) is 15.9. The smallest absolute Gasteiger partial charge is 0.255 e. The molecule has 1 aliphatic rings. The number of allylic oxidation sites excluding steroid dienone is 1. The fourth-order valence-electron chi connectivity index (χ4n) is 3.07. The summed E-state index contributed by atoms with van der Waals surface area (Å²) >= 11 is 5.25. The Morgan fingerprint density at radius 3 is 2.52 bits per heavy atom. The average Bonchev–Trinajstić information content (AvgIpc) is 2.69. The summed E-state index contributed by atoms with van der Waals surface area (Å²) in [7, 11) is 3.05. The second-order valence-corrected chi connectivity index (χ2v) is 6.67. The van der Waals surface area contributed by atoms with Crippen molar-refractivity contribution >= 4 is 28.9 Å². The molecule has 0 fully saturated rings. The molecule has 0 spiro atoms. The molecule has 0 aliphatic carbocycles. The third kappa shape index (κ3) is 4.29. The van der Waals surface area contributed by atoms with Crippen molar-refractivity contribution in [3.8, 4) is 11.5 Å². The summed E-state index contributed by atoms with van der Waals surface area (Å²) in [6.45, 7) is 1.70. The van der Waals surface area contributed by atoms with Gasteiger partial charge in [-0.25, -0.2) is 8.78 Å². The molecule has 1 aliphatic heterocycles. The summed E-state index contributed by atoms with van der Waals surface area (Å²) < 4.78 is 37.4. The number of ether oxygens (including phenoxy) is 2. The molecule has 29 heavy (non-hydrogen) atoms. The Kier molecular flexibility index (Phi) is 5.97. The first-order valence-electron chi connectivity index (χ1n) is 8.60. The molecule has 9 heteroatoms. The molecule has 3 N–H and O–H groups in total. The monoisotopic (exact) mass is 419 g/mol. The van der Waals surface area contributed by atoms with Crippen LogP contribution in [-0.2, 0) is 4.79 Å². The third-order valence-corrected chi connectivity index (χ3v) is 4.66. The van der Waals surface area contributed by atoms with Crippen molar-refractivity contribution in [2.24, 2.45) is 0 Å². The number of rotatable bonds is 5. The van der Waals surface area contributed by atoms with Gasteiger partial charge in [0.25, 0.3) is 5.91 Å². The average molecular weight is 419 g/mol. The summed E-state index contributed by atoms with van der Waals surface area (Å²) in [6, 6.07) is 7.68. The summed E-state index contributed by atoms with van der Waals surface area (Å²) in [6.07, 6.45) is 0. The van der Waals surface area contributed by atoms with Gasteiger partial charge in [-0.05, 0) is 49.5 Å². The van der Waals surface area contributed by atoms with Crippen LogP contribution < -0.4 is 25.4 Å². The van der Waals surface area contributed by atoms with Crippen LogP contribution in [0.2, 0.25) is 0 Å². The first-order valence-corrected chi connectivity index (χ1v) is 9.01. The van der Waals surface area contributed by atoms with Crippen molar-refractivity contribution in [1.29, 1.82) is 0 Å². The number of amides is 1. The number of carbonyl (C=O) groups is 1. The molecule has 0 aromatic heterocycles. The van der Waals surface area contributed by atoms with Crippen LogP contribution in [0.4, 0.5) is 14.5 Å². The largest absolute Gasteiger partial charge is 0.497 e. The molecule has 6 nitrogen and oxygen atoms in total. The number of hydrogen-bond acceptors (Lipinski definition) is 4. The topological polar surface area (TPSA) is 71.6 Å². The van der Waals surface area contributed by atoms with Crippen LogP contribution in [-0.4, -0.2) is 25.2 Å². The van der Waals surface area contributed by atoms with Crippen LogP contribution >= 0.6 is 12.2 Å². The molecule has 1 heterocycles. The molecule has 2 aromatic rings.